The molecule has 0 spiro atoms. The molecule has 2 aromatic heterocycles. The molecule has 1 N–H and O–H groups in total. The number of fused-ring (bicyclic) bond motifs is 1. The van der Waals surface area contributed by atoms with E-state index < -0.39 is 0 Å². The van der Waals surface area contributed by atoms with Gasteiger partial charge in [-0.1, -0.05) is 54.6 Å². The van der Waals surface area contributed by atoms with Crippen LogP contribution in [0.15, 0.2) is 83.2 Å². The first-order valence-corrected chi connectivity index (χ1v) is 11.5. The highest BCUT2D eigenvalue weighted by atomic mass is 32.2. The molecule has 29 heavy (non-hydrogen) atoms. The fraction of sp³-hybridized carbons (Fsp3) is 0.167. The fourth-order valence-electron chi connectivity index (χ4n) is 3.14. The van der Waals surface area contributed by atoms with Crippen LogP contribution in [0.1, 0.15) is 27.2 Å². The first-order valence-electron chi connectivity index (χ1n) is 9.67. The normalized spacial score (nSPS) is 10.9. The number of amides is 1. The van der Waals surface area contributed by atoms with Crippen LogP contribution in [0.4, 0.5) is 0 Å². The van der Waals surface area contributed by atoms with E-state index in [0.717, 1.165) is 39.4 Å². The van der Waals surface area contributed by atoms with Gasteiger partial charge in [0.25, 0.3) is 5.91 Å². The Morgan fingerprint density at radius 1 is 1.00 bits per heavy atom. The van der Waals surface area contributed by atoms with Gasteiger partial charge in [0.15, 0.2) is 0 Å². The number of thiophene rings is 1. The number of benzene rings is 2. The van der Waals surface area contributed by atoms with Crippen LogP contribution < -0.4 is 5.32 Å². The van der Waals surface area contributed by atoms with Crippen molar-refractivity contribution in [1.82, 2.24) is 10.3 Å². The molecule has 0 fully saturated rings. The number of nitrogens with one attached hydrogen (secondary N) is 1. The molecular formula is C24H22N2OS2. The smallest absolute Gasteiger partial charge is 0.254 e. The highest BCUT2D eigenvalue weighted by Gasteiger charge is 2.15. The molecule has 146 valence electrons. The molecule has 0 saturated carbocycles. The lowest BCUT2D eigenvalue weighted by Gasteiger charge is -2.11. The van der Waals surface area contributed by atoms with Gasteiger partial charge in [0.1, 0.15) is 5.03 Å². The van der Waals surface area contributed by atoms with Crippen molar-refractivity contribution < 1.29 is 4.79 Å². The maximum absolute atomic E-state index is 12.9. The third-order valence-corrected chi connectivity index (χ3v) is 6.58. The van der Waals surface area contributed by atoms with E-state index in [1.165, 1.54) is 5.56 Å². The van der Waals surface area contributed by atoms with Crippen molar-refractivity contribution in [1.29, 1.82) is 0 Å². The Morgan fingerprint density at radius 2 is 1.83 bits per heavy atom. The second-order valence-corrected chi connectivity index (χ2v) is 8.85. The van der Waals surface area contributed by atoms with Crippen molar-refractivity contribution >= 4 is 39.9 Å². The van der Waals surface area contributed by atoms with Crippen molar-refractivity contribution in [3.8, 4) is 0 Å². The van der Waals surface area contributed by atoms with Gasteiger partial charge >= 0.3 is 0 Å². The maximum atomic E-state index is 12.9. The fourth-order valence-corrected chi connectivity index (χ4v) is 4.73. The summed E-state index contributed by atoms with van der Waals surface area (Å²) in [5.74, 6) is 0.855. The predicted molar refractivity (Wildman–Crippen MR) is 123 cm³/mol. The summed E-state index contributed by atoms with van der Waals surface area (Å²) in [7, 11) is 0. The molecule has 2 aromatic carbocycles. The number of carbonyl (C=O) groups excluding carboxylic acids is 1. The van der Waals surface area contributed by atoms with Crippen LogP contribution in [0.5, 0.6) is 0 Å². The number of hydrogen-bond acceptors (Lipinski definition) is 4. The van der Waals surface area contributed by atoms with Gasteiger partial charge in [0.05, 0.1) is 17.6 Å². The minimum atomic E-state index is -0.0674. The second-order valence-electron chi connectivity index (χ2n) is 6.73. The summed E-state index contributed by atoms with van der Waals surface area (Å²) in [6.45, 7) is 0.543. The lowest BCUT2D eigenvalue weighted by Crippen LogP contribution is -2.23. The van der Waals surface area contributed by atoms with Crippen LogP contribution in [0.2, 0.25) is 0 Å². The van der Waals surface area contributed by atoms with Gasteiger partial charge in [0, 0.05) is 10.3 Å². The highest BCUT2D eigenvalue weighted by molar-refractivity contribution is 7.99. The Kier molecular flexibility index (Phi) is 6.60. The second kappa shape index (κ2) is 9.72. The van der Waals surface area contributed by atoms with E-state index in [1.807, 2.05) is 53.9 Å². The van der Waals surface area contributed by atoms with Gasteiger partial charge < -0.3 is 5.32 Å². The van der Waals surface area contributed by atoms with E-state index in [-0.39, 0.29) is 5.91 Å². The molecule has 0 atom stereocenters. The molecule has 5 heteroatoms. The van der Waals surface area contributed by atoms with Gasteiger partial charge in [0.2, 0.25) is 0 Å². The predicted octanol–water partition coefficient (Wildman–Crippen LogP) is 5.95. The summed E-state index contributed by atoms with van der Waals surface area (Å²) in [4.78, 5) is 18.8. The van der Waals surface area contributed by atoms with Crippen LogP contribution in [-0.2, 0) is 13.0 Å². The van der Waals surface area contributed by atoms with Crippen molar-refractivity contribution in [3.63, 3.8) is 0 Å². The molecular weight excluding hydrogens is 396 g/mol. The highest BCUT2D eigenvalue weighted by Crippen LogP contribution is 2.26. The average Bonchev–Trinajstić information content (AvgIpc) is 3.29. The first-order chi connectivity index (χ1) is 14.3. The summed E-state index contributed by atoms with van der Waals surface area (Å²) in [6.07, 6.45) is 2.07. The van der Waals surface area contributed by atoms with E-state index in [9.17, 15) is 4.79 Å². The lowest BCUT2D eigenvalue weighted by atomic mass is 10.1. The van der Waals surface area contributed by atoms with E-state index >= 15 is 0 Å². The molecule has 1 amide bonds. The lowest BCUT2D eigenvalue weighted by molar-refractivity contribution is 0.0948. The van der Waals surface area contributed by atoms with Gasteiger partial charge in [-0.2, -0.15) is 0 Å². The quantitative estimate of drug-likeness (QED) is 0.284. The minimum Gasteiger partial charge on any atom is -0.347 e. The Labute approximate surface area is 179 Å². The number of hydrogen-bond donors (Lipinski definition) is 1. The molecule has 2 heterocycles. The van der Waals surface area contributed by atoms with Gasteiger partial charge in [-0.15, -0.1) is 23.1 Å². The van der Waals surface area contributed by atoms with Crippen LogP contribution in [-0.4, -0.2) is 16.6 Å². The van der Waals surface area contributed by atoms with Crippen LogP contribution in [0.3, 0.4) is 0 Å². The van der Waals surface area contributed by atoms with Gasteiger partial charge in [-0.05, 0) is 47.7 Å². The number of carbonyl (C=O) groups is 1. The molecule has 0 aliphatic heterocycles. The largest absolute Gasteiger partial charge is 0.347 e. The average molecular weight is 419 g/mol. The van der Waals surface area contributed by atoms with Gasteiger partial charge in [-0.3, -0.25) is 4.79 Å². The molecule has 0 radical (unpaired) electrons. The molecule has 3 nitrogen and oxygen atoms in total. The van der Waals surface area contributed by atoms with Crippen LogP contribution in [0, 0.1) is 0 Å². The van der Waals surface area contributed by atoms with E-state index in [4.69, 9.17) is 4.98 Å². The number of pyridine rings is 1. The zero-order valence-electron chi connectivity index (χ0n) is 16.0. The van der Waals surface area contributed by atoms with Crippen LogP contribution in [0.25, 0.3) is 10.9 Å². The van der Waals surface area contributed by atoms with E-state index in [2.05, 4.69) is 29.6 Å². The number of rotatable bonds is 8. The number of thioether (sulfide) groups is 1. The third-order valence-electron chi connectivity index (χ3n) is 4.63. The Hall–Kier alpha value is -2.63. The van der Waals surface area contributed by atoms with Gasteiger partial charge in [-0.25, -0.2) is 4.98 Å². The molecule has 4 rings (SSSR count). The molecule has 0 saturated heterocycles. The molecule has 0 aliphatic rings. The van der Waals surface area contributed by atoms with E-state index in [0.29, 0.717) is 12.1 Å². The number of aromatic nitrogens is 1. The first kappa shape index (κ1) is 19.7. The summed E-state index contributed by atoms with van der Waals surface area (Å²) >= 11 is 3.31. The van der Waals surface area contributed by atoms with Crippen molar-refractivity contribution in [2.75, 3.05) is 5.75 Å². The number of nitrogens with zero attached hydrogens (tertiary/aromatic N) is 1. The third kappa shape index (κ3) is 5.25. The molecule has 0 unspecified atom stereocenters. The molecule has 0 aliphatic carbocycles. The number of aryl methyl sites for hydroxylation is 1. The Morgan fingerprint density at radius 3 is 2.66 bits per heavy atom. The molecule has 4 aromatic rings. The van der Waals surface area contributed by atoms with Crippen molar-refractivity contribution in [3.05, 3.63) is 94.2 Å². The standard InChI is InChI=1S/C24H22N2OS2/c27-23(25-17-20-12-7-14-28-20)21-16-19-11-4-5-13-22(19)26-24(21)29-15-6-10-18-8-2-1-3-9-18/h1-5,7-9,11-14,16H,6,10,15,17H2,(H,25,27). The Bertz CT molecular complexity index is 1080. The zero-order valence-corrected chi connectivity index (χ0v) is 17.6. The van der Waals surface area contributed by atoms with Crippen LogP contribution >= 0.6 is 23.1 Å². The van der Waals surface area contributed by atoms with Crippen molar-refractivity contribution in [2.45, 2.75) is 24.4 Å². The maximum Gasteiger partial charge on any atom is 0.254 e. The zero-order chi connectivity index (χ0) is 19.9. The Balaban J connectivity index is 1.47. The summed E-state index contributed by atoms with van der Waals surface area (Å²) < 4.78 is 0. The summed E-state index contributed by atoms with van der Waals surface area (Å²) in [5.41, 5.74) is 2.92. The number of para-hydroxylation sites is 1. The van der Waals surface area contributed by atoms with E-state index in [1.54, 1.807) is 23.1 Å². The topological polar surface area (TPSA) is 42.0 Å². The summed E-state index contributed by atoms with van der Waals surface area (Å²) in [6, 6.07) is 24.4. The van der Waals surface area contributed by atoms with Crippen molar-refractivity contribution in [2.24, 2.45) is 0 Å². The SMILES string of the molecule is O=C(NCc1cccs1)c1cc2ccccc2nc1SCCCc1ccccc1. The minimum absolute atomic E-state index is 0.0674. The monoisotopic (exact) mass is 418 g/mol. The summed E-state index contributed by atoms with van der Waals surface area (Å²) in [5, 5.41) is 6.86. The molecule has 0 bridgehead atoms.